The second-order valence-corrected chi connectivity index (χ2v) is 6.73. The van der Waals surface area contributed by atoms with Gasteiger partial charge in [-0.3, -0.25) is 0 Å². The van der Waals surface area contributed by atoms with Crippen LogP contribution in [0.3, 0.4) is 0 Å². The molecule has 0 atom stereocenters. The maximum Gasteiger partial charge on any atom is 0.197 e. The third-order valence-electron chi connectivity index (χ3n) is 4.86. The molecule has 1 aromatic heterocycles. The highest BCUT2D eigenvalue weighted by Crippen LogP contribution is 2.38. The predicted molar refractivity (Wildman–Crippen MR) is 96.7 cm³/mol. The van der Waals surface area contributed by atoms with Gasteiger partial charge in [-0.05, 0) is 78.8 Å². The minimum Gasteiger partial charge on any atom is -0.316 e. The molecule has 0 saturated carbocycles. The number of nitrogens with one attached hydrogen (secondary N) is 1. The summed E-state index contributed by atoms with van der Waals surface area (Å²) < 4.78 is 0. The Kier molecular flexibility index (Phi) is 4.17. The SMILES string of the molecule is O=Nc1ccc2c(n1)C(=C1CCNCC1)c1ccc(Cl)cc1CC2. The Morgan fingerprint density at radius 3 is 2.58 bits per heavy atom. The number of hydrogen-bond donors (Lipinski definition) is 1. The molecule has 0 amide bonds. The first kappa shape index (κ1) is 15.5. The average molecular weight is 340 g/mol. The fourth-order valence-corrected chi connectivity index (χ4v) is 3.89. The van der Waals surface area contributed by atoms with E-state index in [2.05, 4.69) is 27.6 Å². The van der Waals surface area contributed by atoms with Gasteiger partial charge in [0.25, 0.3) is 0 Å². The molecule has 4 rings (SSSR count). The molecule has 2 heterocycles. The molecule has 2 aliphatic rings. The van der Waals surface area contributed by atoms with Crippen LogP contribution in [0, 0.1) is 4.91 Å². The Morgan fingerprint density at radius 2 is 1.79 bits per heavy atom. The number of fused-ring (bicyclic) bond motifs is 2. The highest BCUT2D eigenvalue weighted by molar-refractivity contribution is 6.30. The number of halogens is 1. The minimum atomic E-state index is 0.248. The van der Waals surface area contributed by atoms with E-state index < -0.39 is 0 Å². The largest absolute Gasteiger partial charge is 0.316 e. The van der Waals surface area contributed by atoms with Crippen LogP contribution < -0.4 is 5.32 Å². The molecule has 5 heteroatoms. The monoisotopic (exact) mass is 339 g/mol. The van der Waals surface area contributed by atoms with Crippen LogP contribution in [0.15, 0.2) is 41.1 Å². The van der Waals surface area contributed by atoms with Gasteiger partial charge in [-0.2, -0.15) is 0 Å². The predicted octanol–water partition coefficient (Wildman–Crippen LogP) is 4.42. The zero-order valence-corrected chi connectivity index (χ0v) is 14.1. The van der Waals surface area contributed by atoms with Gasteiger partial charge < -0.3 is 5.32 Å². The highest BCUT2D eigenvalue weighted by atomic mass is 35.5. The molecule has 1 aliphatic carbocycles. The Hall–Kier alpha value is -2.04. The van der Waals surface area contributed by atoms with Crippen LogP contribution in [0.4, 0.5) is 5.82 Å². The number of rotatable bonds is 1. The molecule has 0 spiro atoms. The zero-order chi connectivity index (χ0) is 16.5. The van der Waals surface area contributed by atoms with E-state index >= 15 is 0 Å². The molecule has 0 radical (unpaired) electrons. The van der Waals surface area contributed by atoms with Crippen molar-refractivity contribution in [2.45, 2.75) is 25.7 Å². The van der Waals surface area contributed by atoms with E-state index in [1.54, 1.807) is 6.07 Å². The van der Waals surface area contributed by atoms with Gasteiger partial charge in [-0.1, -0.05) is 29.3 Å². The lowest BCUT2D eigenvalue weighted by Gasteiger charge is -2.22. The van der Waals surface area contributed by atoms with E-state index in [1.807, 2.05) is 12.1 Å². The van der Waals surface area contributed by atoms with E-state index in [9.17, 15) is 4.91 Å². The number of aromatic nitrogens is 1. The molecule has 2 aromatic rings. The van der Waals surface area contributed by atoms with Gasteiger partial charge in [0.05, 0.1) is 5.69 Å². The van der Waals surface area contributed by atoms with Crippen LogP contribution in [0.25, 0.3) is 5.57 Å². The zero-order valence-electron chi connectivity index (χ0n) is 13.3. The number of piperidine rings is 1. The van der Waals surface area contributed by atoms with Gasteiger partial charge in [-0.15, -0.1) is 4.91 Å². The van der Waals surface area contributed by atoms with Gasteiger partial charge >= 0.3 is 0 Å². The molecule has 0 bridgehead atoms. The summed E-state index contributed by atoms with van der Waals surface area (Å²) in [6.07, 6.45) is 3.81. The fourth-order valence-electron chi connectivity index (χ4n) is 3.69. The lowest BCUT2D eigenvalue weighted by atomic mass is 9.89. The summed E-state index contributed by atoms with van der Waals surface area (Å²) in [5.41, 5.74) is 7.13. The normalized spacial score (nSPS) is 17.0. The van der Waals surface area contributed by atoms with Crippen LogP contribution in [-0.2, 0) is 12.8 Å². The summed E-state index contributed by atoms with van der Waals surface area (Å²) >= 11 is 6.22. The smallest absolute Gasteiger partial charge is 0.197 e. The molecular formula is C19H18ClN3O. The standard InChI is InChI=1S/C19H18ClN3O/c20-15-4-5-16-14(11-15)2-1-13-3-6-17(23-24)22-19(13)18(16)12-7-9-21-10-8-12/h3-6,11,21H,1-2,7-10H2. The number of pyridine rings is 1. The van der Waals surface area contributed by atoms with Crippen molar-refractivity contribution in [2.24, 2.45) is 5.18 Å². The van der Waals surface area contributed by atoms with Gasteiger partial charge in [0, 0.05) is 10.6 Å². The van der Waals surface area contributed by atoms with Crippen molar-refractivity contribution >= 4 is 23.0 Å². The number of hydrogen-bond acceptors (Lipinski definition) is 4. The molecule has 1 aromatic carbocycles. The average Bonchev–Trinajstić information content (AvgIpc) is 2.78. The lowest BCUT2D eigenvalue weighted by molar-refractivity contribution is 0.611. The molecule has 0 unspecified atom stereocenters. The molecule has 1 aliphatic heterocycles. The van der Waals surface area contributed by atoms with E-state index in [0.29, 0.717) is 0 Å². The molecule has 1 N–H and O–H groups in total. The molecule has 1 fully saturated rings. The number of nitroso groups, excluding NO2 is 1. The topological polar surface area (TPSA) is 54.4 Å². The van der Waals surface area contributed by atoms with Crippen LogP contribution in [-0.4, -0.2) is 18.1 Å². The van der Waals surface area contributed by atoms with Crippen LogP contribution >= 0.6 is 11.6 Å². The molecule has 4 nitrogen and oxygen atoms in total. The maximum atomic E-state index is 11.0. The second kappa shape index (κ2) is 6.46. The fraction of sp³-hybridized carbons (Fsp3) is 0.316. The van der Waals surface area contributed by atoms with Crippen molar-refractivity contribution in [3.05, 3.63) is 68.2 Å². The first-order chi connectivity index (χ1) is 11.8. The van der Waals surface area contributed by atoms with Gasteiger partial charge in [0.2, 0.25) is 0 Å². The van der Waals surface area contributed by atoms with Crippen molar-refractivity contribution < 1.29 is 0 Å². The van der Waals surface area contributed by atoms with Crippen molar-refractivity contribution in [3.63, 3.8) is 0 Å². The van der Waals surface area contributed by atoms with E-state index in [-0.39, 0.29) is 5.82 Å². The highest BCUT2D eigenvalue weighted by Gasteiger charge is 2.24. The Bertz CT molecular complexity index is 837. The number of nitrogens with zero attached hydrogens (tertiary/aromatic N) is 2. The molecule has 1 saturated heterocycles. The molecule has 122 valence electrons. The Labute approximate surface area is 145 Å². The Morgan fingerprint density at radius 1 is 1.00 bits per heavy atom. The number of aryl methyl sites for hydroxylation is 2. The summed E-state index contributed by atoms with van der Waals surface area (Å²) in [4.78, 5) is 15.6. The van der Waals surface area contributed by atoms with Gasteiger partial charge in [0.1, 0.15) is 0 Å². The quantitative estimate of drug-likeness (QED) is 0.782. The van der Waals surface area contributed by atoms with Crippen molar-refractivity contribution in [2.75, 3.05) is 13.1 Å². The number of benzene rings is 1. The van der Waals surface area contributed by atoms with E-state index in [0.717, 1.165) is 49.5 Å². The van der Waals surface area contributed by atoms with Crippen LogP contribution in [0.2, 0.25) is 5.02 Å². The van der Waals surface area contributed by atoms with Gasteiger partial charge in [-0.25, -0.2) is 4.98 Å². The maximum absolute atomic E-state index is 11.0. The van der Waals surface area contributed by atoms with Crippen LogP contribution in [0.5, 0.6) is 0 Å². The minimum absolute atomic E-state index is 0.248. The summed E-state index contributed by atoms with van der Waals surface area (Å²) in [6.45, 7) is 1.95. The lowest BCUT2D eigenvalue weighted by Crippen LogP contribution is -2.24. The summed E-state index contributed by atoms with van der Waals surface area (Å²) in [6, 6.07) is 9.80. The van der Waals surface area contributed by atoms with Crippen molar-refractivity contribution in [1.29, 1.82) is 0 Å². The van der Waals surface area contributed by atoms with Crippen molar-refractivity contribution in [1.82, 2.24) is 10.3 Å². The van der Waals surface area contributed by atoms with Crippen LogP contribution in [0.1, 0.15) is 35.2 Å². The van der Waals surface area contributed by atoms with Crippen molar-refractivity contribution in [3.8, 4) is 0 Å². The summed E-state index contributed by atoms with van der Waals surface area (Å²) in [5.74, 6) is 0.248. The first-order valence-electron chi connectivity index (χ1n) is 8.31. The summed E-state index contributed by atoms with van der Waals surface area (Å²) in [7, 11) is 0. The third-order valence-corrected chi connectivity index (χ3v) is 5.09. The van der Waals surface area contributed by atoms with Gasteiger partial charge in [0.15, 0.2) is 5.82 Å². The first-order valence-corrected chi connectivity index (χ1v) is 8.69. The summed E-state index contributed by atoms with van der Waals surface area (Å²) in [5, 5.41) is 7.21. The molecular weight excluding hydrogens is 322 g/mol. The Balaban J connectivity index is 1.99. The van der Waals surface area contributed by atoms with E-state index in [1.165, 1.54) is 27.8 Å². The second-order valence-electron chi connectivity index (χ2n) is 6.30. The van der Waals surface area contributed by atoms with E-state index in [4.69, 9.17) is 11.6 Å². The molecule has 24 heavy (non-hydrogen) atoms. The third kappa shape index (κ3) is 2.76.